The van der Waals surface area contributed by atoms with Gasteiger partial charge in [-0.25, -0.2) is 8.42 Å². The lowest BCUT2D eigenvalue weighted by molar-refractivity contribution is -0.141. The topological polar surface area (TPSA) is 123 Å². The average Bonchev–Trinajstić information content (AvgIpc) is 3.18. The molecular formula is C22H26N2O6S. The Bertz CT molecular complexity index is 1060. The van der Waals surface area contributed by atoms with Crippen LogP contribution in [0.4, 0.5) is 0 Å². The number of hydrogen-bond donors (Lipinski definition) is 1. The summed E-state index contributed by atoms with van der Waals surface area (Å²) in [6.45, 7) is 3.81. The number of amides is 1. The lowest BCUT2D eigenvalue weighted by Crippen LogP contribution is -2.38. The van der Waals surface area contributed by atoms with Gasteiger partial charge in [-0.05, 0) is 24.5 Å². The normalized spacial score (nSPS) is 18.5. The third-order valence-electron chi connectivity index (χ3n) is 5.60. The molecule has 0 saturated heterocycles. The molecule has 3 rings (SSSR count). The fraction of sp³-hybridized carbons (Fsp3) is 0.455. The Morgan fingerprint density at radius 1 is 1.23 bits per heavy atom. The lowest BCUT2D eigenvalue weighted by atomic mass is 9.84. The molecule has 2 aromatic rings. The van der Waals surface area contributed by atoms with Gasteiger partial charge >= 0.3 is 0 Å². The predicted octanol–water partition coefficient (Wildman–Crippen LogP) is 1.78. The summed E-state index contributed by atoms with van der Waals surface area (Å²) in [4.78, 5) is 38.2. The predicted molar refractivity (Wildman–Crippen MR) is 112 cm³/mol. The van der Waals surface area contributed by atoms with Crippen LogP contribution in [-0.2, 0) is 37.1 Å². The number of nitrogens with zero attached hydrogens (tertiary/aromatic N) is 1. The first kappa shape index (κ1) is 22.9. The van der Waals surface area contributed by atoms with Crippen molar-refractivity contribution >= 4 is 27.3 Å². The lowest BCUT2D eigenvalue weighted by Gasteiger charge is -2.22. The number of fused-ring (bicyclic) bond motifs is 1. The number of Topliss-reactive ketones (excluding diaryl/α,β-unsaturated/α-hetero) is 2. The second-order valence-electron chi connectivity index (χ2n) is 8.16. The summed E-state index contributed by atoms with van der Waals surface area (Å²) < 4.78 is 30.9. The molecule has 1 N–H and O–H groups in total. The summed E-state index contributed by atoms with van der Waals surface area (Å²) in [6.07, 6.45) is 1.85. The van der Waals surface area contributed by atoms with Gasteiger partial charge in [0.2, 0.25) is 5.78 Å². The molecule has 0 aliphatic carbocycles. The maximum atomic E-state index is 13.2. The van der Waals surface area contributed by atoms with Crippen molar-refractivity contribution in [3.8, 4) is 0 Å². The van der Waals surface area contributed by atoms with E-state index in [9.17, 15) is 22.8 Å². The van der Waals surface area contributed by atoms with Crippen LogP contribution in [0.3, 0.4) is 0 Å². The van der Waals surface area contributed by atoms with Crippen molar-refractivity contribution in [1.82, 2.24) is 10.5 Å². The van der Waals surface area contributed by atoms with Crippen molar-refractivity contribution in [2.24, 2.45) is 17.8 Å². The van der Waals surface area contributed by atoms with Gasteiger partial charge in [-0.15, -0.1) is 0 Å². The highest BCUT2D eigenvalue weighted by atomic mass is 32.2. The number of nitrogens with one attached hydrogen (secondary N) is 1. The minimum absolute atomic E-state index is 0.0730. The van der Waals surface area contributed by atoms with E-state index < -0.39 is 33.4 Å². The van der Waals surface area contributed by atoms with Crippen LogP contribution in [0.1, 0.15) is 31.6 Å². The standard InChI is InChI=1S/C22H26N2O6S/c1-14(2)18(13-31(28,29)17-6-4-3-5-7-17)19(25)10-16-11-20-15(12-24-30-20)8-9-23-22(27)21(16)26/h3-7,12,14,16,18H,8-11,13H2,1-2H3,(H,23,27). The second kappa shape index (κ2) is 9.55. The second-order valence-corrected chi connectivity index (χ2v) is 10.2. The van der Waals surface area contributed by atoms with E-state index in [1.54, 1.807) is 38.2 Å². The Hall–Kier alpha value is -2.81. The van der Waals surface area contributed by atoms with Crippen LogP contribution >= 0.6 is 0 Å². The van der Waals surface area contributed by atoms with E-state index in [1.165, 1.54) is 12.1 Å². The molecule has 1 aromatic carbocycles. The molecule has 0 spiro atoms. The summed E-state index contributed by atoms with van der Waals surface area (Å²) in [5, 5.41) is 6.31. The minimum Gasteiger partial charge on any atom is -0.361 e. The first-order valence-corrected chi connectivity index (χ1v) is 11.9. The smallest absolute Gasteiger partial charge is 0.287 e. The zero-order valence-electron chi connectivity index (χ0n) is 17.5. The number of sulfone groups is 1. The van der Waals surface area contributed by atoms with Gasteiger partial charge in [-0.2, -0.15) is 0 Å². The van der Waals surface area contributed by atoms with Gasteiger partial charge in [0.05, 0.1) is 16.8 Å². The van der Waals surface area contributed by atoms with Gasteiger partial charge in [-0.1, -0.05) is 37.2 Å². The largest absolute Gasteiger partial charge is 0.361 e. The van der Waals surface area contributed by atoms with Crippen molar-refractivity contribution < 1.29 is 27.3 Å². The number of rotatable bonds is 7. The maximum absolute atomic E-state index is 13.2. The SMILES string of the molecule is CC(C)C(CS(=O)(=O)c1ccccc1)C(=O)CC1Cc2oncc2CCNC(=O)C1=O. The molecule has 0 bridgehead atoms. The maximum Gasteiger partial charge on any atom is 0.287 e. The summed E-state index contributed by atoms with van der Waals surface area (Å²) in [7, 11) is -3.69. The fourth-order valence-electron chi connectivity index (χ4n) is 3.73. The van der Waals surface area contributed by atoms with Gasteiger partial charge in [0.1, 0.15) is 11.5 Å². The first-order valence-electron chi connectivity index (χ1n) is 10.2. The number of aromatic nitrogens is 1. The molecule has 2 heterocycles. The van der Waals surface area contributed by atoms with Crippen molar-refractivity contribution in [1.29, 1.82) is 0 Å². The third-order valence-corrected chi connectivity index (χ3v) is 7.39. The monoisotopic (exact) mass is 446 g/mol. The number of ketones is 2. The van der Waals surface area contributed by atoms with Crippen LogP contribution in [0.2, 0.25) is 0 Å². The zero-order valence-corrected chi connectivity index (χ0v) is 18.4. The number of carbonyl (C=O) groups is 3. The molecule has 0 fully saturated rings. The van der Waals surface area contributed by atoms with E-state index in [-0.39, 0.29) is 41.7 Å². The summed E-state index contributed by atoms with van der Waals surface area (Å²) in [5.74, 6) is -3.68. The molecule has 2 atom stereocenters. The highest BCUT2D eigenvalue weighted by molar-refractivity contribution is 7.91. The molecule has 9 heteroatoms. The van der Waals surface area contributed by atoms with E-state index in [0.29, 0.717) is 12.2 Å². The number of carbonyl (C=O) groups excluding carboxylic acids is 3. The zero-order chi connectivity index (χ0) is 22.6. The Morgan fingerprint density at radius 3 is 2.61 bits per heavy atom. The Labute approximate surface area is 181 Å². The van der Waals surface area contributed by atoms with Crippen LogP contribution in [0.15, 0.2) is 45.9 Å². The quantitative estimate of drug-likeness (QED) is 0.643. The molecule has 166 valence electrons. The van der Waals surface area contributed by atoms with Gasteiger partial charge in [0.25, 0.3) is 5.91 Å². The summed E-state index contributed by atoms with van der Waals surface area (Å²) >= 11 is 0. The van der Waals surface area contributed by atoms with E-state index in [1.807, 2.05) is 0 Å². The van der Waals surface area contributed by atoms with Crippen molar-refractivity contribution in [2.75, 3.05) is 12.3 Å². The number of hydrogen-bond acceptors (Lipinski definition) is 7. The van der Waals surface area contributed by atoms with E-state index in [4.69, 9.17) is 4.52 Å². The molecular weight excluding hydrogens is 420 g/mol. The van der Waals surface area contributed by atoms with Crippen LogP contribution in [0.5, 0.6) is 0 Å². The molecule has 1 aromatic heterocycles. The average molecular weight is 447 g/mol. The molecule has 1 aliphatic rings. The van der Waals surface area contributed by atoms with Gasteiger partial charge in [0, 0.05) is 36.8 Å². The van der Waals surface area contributed by atoms with Crippen molar-refractivity contribution in [2.45, 2.75) is 38.0 Å². The summed E-state index contributed by atoms with van der Waals surface area (Å²) in [6, 6.07) is 7.96. The van der Waals surface area contributed by atoms with E-state index in [0.717, 1.165) is 5.56 Å². The van der Waals surface area contributed by atoms with Crippen molar-refractivity contribution in [3.63, 3.8) is 0 Å². The molecule has 1 aliphatic heterocycles. The highest BCUT2D eigenvalue weighted by Gasteiger charge is 2.35. The van der Waals surface area contributed by atoms with Crippen LogP contribution in [0.25, 0.3) is 0 Å². The Kier molecular flexibility index (Phi) is 7.04. The summed E-state index contributed by atoms with van der Waals surface area (Å²) in [5.41, 5.74) is 0.777. The molecule has 0 radical (unpaired) electrons. The molecule has 0 saturated carbocycles. The van der Waals surface area contributed by atoms with Crippen LogP contribution in [-0.4, -0.2) is 43.3 Å². The van der Waals surface area contributed by atoms with E-state index >= 15 is 0 Å². The van der Waals surface area contributed by atoms with E-state index in [2.05, 4.69) is 10.5 Å². The fourth-order valence-corrected chi connectivity index (χ4v) is 5.54. The van der Waals surface area contributed by atoms with Gasteiger partial charge in [-0.3, -0.25) is 14.4 Å². The van der Waals surface area contributed by atoms with Gasteiger partial charge in [0.15, 0.2) is 9.84 Å². The third kappa shape index (κ3) is 5.46. The first-order chi connectivity index (χ1) is 14.7. The van der Waals surface area contributed by atoms with Crippen LogP contribution in [0, 0.1) is 17.8 Å². The van der Waals surface area contributed by atoms with Gasteiger partial charge < -0.3 is 9.84 Å². The minimum atomic E-state index is -3.69. The molecule has 8 nitrogen and oxygen atoms in total. The van der Waals surface area contributed by atoms with Crippen LogP contribution < -0.4 is 5.32 Å². The highest BCUT2D eigenvalue weighted by Crippen LogP contribution is 2.25. The molecule has 1 amide bonds. The molecule has 2 unspecified atom stereocenters. The van der Waals surface area contributed by atoms with Crippen molar-refractivity contribution in [3.05, 3.63) is 47.9 Å². The Balaban J connectivity index is 1.82. The molecule has 31 heavy (non-hydrogen) atoms. The number of benzene rings is 1. The Morgan fingerprint density at radius 2 is 1.94 bits per heavy atom.